The smallest absolute Gasteiger partial charge is 0.323 e. The minimum absolute atomic E-state index is 0.250. The Hall–Kier alpha value is -1.63. The van der Waals surface area contributed by atoms with Crippen molar-refractivity contribution in [3.8, 4) is 0 Å². The van der Waals surface area contributed by atoms with E-state index in [9.17, 15) is 9.59 Å². The molecule has 0 saturated heterocycles. The second kappa shape index (κ2) is 6.69. The molecule has 1 saturated carbocycles. The van der Waals surface area contributed by atoms with E-state index in [1.54, 1.807) is 11.3 Å². The molecule has 0 aliphatic heterocycles. The Bertz CT molecular complexity index is 485. The fourth-order valence-electron chi connectivity index (χ4n) is 1.85. The van der Waals surface area contributed by atoms with Gasteiger partial charge in [-0.15, -0.1) is 11.3 Å². The quantitative estimate of drug-likeness (QED) is 0.802. The summed E-state index contributed by atoms with van der Waals surface area (Å²) in [4.78, 5) is 29.6. The number of carbonyl (C=O) groups is 2. The first-order chi connectivity index (χ1) is 9.58. The van der Waals surface area contributed by atoms with E-state index in [0.29, 0.717) is 19.0 Å². The zero-order chi connectivity index (χ0) is 14.5. The van der Waals surface area contributed by atoms with E-state index in [0.717, 1.165) is 24.3 Å². The maximum atomic E-state index is 12.0. The number of rotatable bonds is 7. The molecule has 0 aromatic carbocycles. The number of aryl methyl sites for hydroxylation is 1. The number of hydrogen-bond donors (Lipinski definition) is 2. The molecule has 2 rings (SSSR count). The number of aromatic nitrogens is 1. The summed E-state index contributed by atoms with van der Waals surface area (Å²) in [5, 5.41) is 12.4. The first kappa shape index (κ1) is 14.8. The standard InChI is InChI=1S/C13H19N3O3S/c1-2-10-5-14-11(20-10)6-15-13(19)16(8-12(17)18)7-9-3-4-9/h5,9H,2-4,6-8H2,1H3,(H,15,19)(H,17,18). The molecular weight excluding hydrogens is 278 g/mol. The Morgan fingerprint density at radius 3 is 2.85 bits per heavy atom. The largest absolute Gasteiger partial charge is 0.480 e. The van der Waals surface area contributed by atoms with Crippen LogP contribution in [0.25, 0.3) is 0 Å². The van der Waals surface area contributed by atoms with Crippen LogP contribution in [0, 0.1) is 5.92 Å². The van der Waals surface area contributed by atoms with Crippen LogP contribution in [0.3, 0.4) is 0 Å². The Morgan fingerprint density at radius 1 is 1.55 bits per heavy atom. The predicted molar refractivity (Wildman–Crippen MR) is 75.7 cm³/mol. The number of thiazole rings is 1. The van der Waals surface area contributed by atoms with E-state index in [4.69, 9.17) is 5.11 Å². The van der Waals surface area contributed by atoms with Gasteiger partial charge in [0.2, 0.25) is 0 Å². The van der Waals surface area contributed by atoms with Gasteiger partial charge in [-0.3, -0.25) is 4.79 Å². The molecule has 0 bridgehead atoms. The van der Waals surface area contributed by atoms with E-state index < -0.39 is 5.97 Å². The van der Waals surface area contributed by atoms with Crippen molar-refractivity contribution in [2.45, 2.75) is 32.7 Å². The number of carboxylic acid groups (broad SMARTS) is 1. The summed E-state index contributed by atoms with van der Waals surface area (Å²) in [7, 11) is 0. The average molecular weight is 297 g/mol. The van der Waals surface area contributed by atoms with Crippen LogP contribution in [0.4, 0.5) is 4.79 Å². The summed E-state index contributed by atoms with van der Waals surface area (Å²) in [5.74, 6) is -0.519. The molecule has 1 heterocycles. The number of nitrogens with zero attached hydrogens (tertiary/aromatic N) is 2. The molecule has 0 unspecified atom stereocenters. The van der Waals surface area contributed by atoms with Crippen LogP contribution in [0.2, 0.25) is 0 Å². The highest BCUT2D eigenvalue weighted by Crippen LogP contribution is 2.29. The molecule has 1 aliphatic carbocycles. The van der Waals surface area contributed by atoms with Gasteiger partial charge in [-0.1, -0.05) is 6.92 Å². The van der Waals surface area contributed by atoms with E-state index in [-0.39, 0.29) is 12.6 Å². The molecule has 110 valence electrons. The highest BCUT2D eigenvalue weighted by Gasteiger charge is 2.27. The maximum Gasteiger partial charge on any atom is 0.323 e. The number of amides is 2. The summed E-state index contributed by atoms with van der Waals surface area (Å²) < 4.78 is 0. The lowest BCUT2D eigenvalue weighted by molar-refractivity contribution is -0.137. The Balaban J connectivity index is 1.84. The van der Waals surface area contributed by atoms with Gasteiger partial charge in [0.25, 0.3) is 0 Å². The molecule has 6 nitrogen and oxygen atoms in total. The van der Waals surface area contributed by atoms with Crippen molar-refractivity contribution >= 4 is 23.3 Å². The molecule has 2 amide bonds. The van der Waals surface area contributed by atoms with E-state index in [1.165, 1.54) is 9.78 Å². The van der Waals surface area contributed by atoms with Crippen molar-refractivity contribution < 1.29 is 14.7 Å². The van der Waals surface area contributed by atoms with Crippen LogP contribution in [-0.4, -0.2) is 40.1 Å². The zero-order valence-corrected chi connectivity index (χ0v) is 12.3. The lowest BCUT2D eigenvalue weighted by Crippen LogP contribution is -2.43. The molecule has 1 aliphatic rings. The zero-order valence-electron chi connectivity index (χ0n) is 11.5. The normalized spacial score (nSPS) is 14.1. The van der Waals surface area contributed by atoms with E-state index in [1.807, 2.05) is 6.20 Å². The highest BCUT2D eigenvalue weighted by atomic mass is 32.1. The first-order valence-electron chi connectivity index (χ1n) is 6.76. The van der Waals surface area contributed by atoms with E-state index in [2.05, 4.69) is 17.2 Å². The van der Waals surface area contributed by atoms with Crippen LogP contribution in [-0.2, 0) is 17.8 Å². The molecule has 7 heteroatoms. The number of urea groups is 1. The van der Waals surface area contributed by atoms with Gasteiger partial charge in [-0.2, -0.15) is 0 Å². The predicted octanol–water partition coefficient (Wildman–Crippen LogP) is 1.71. The molecular formula is C13H19N3O3S. The lowest BCUT2D eigenvalue weighted by atomic mass is 10.3. The van der Waals surface area contributed by atoms with Crippen LogP contribution in [0.5, 0.6) is 0 Å². The van der Waals surface area contributed by atoms with Crippen LogP contribution < -0.4 is 5.32 Å². The summed E-state index contributed by atoms with van der Waals surface area (Å²) >= 11 is 1.57. The fraction of sp³-hybridized carbons (Fsp3) is 0.615. The number of carboxylic acids is 1. The molecule has 2 N–H and O–H groups in total. The Kier molecular flexibility index (Phi) is 4.94. The van der Waals surface area contributed by atoms with Crippen molar-refractivity contribution in [2.75, 3.05) is 13.1 Å². The van der Waals surface area contributed by atoms with Crippen LogP contribution in [0.1, 0.15) is 29.7 Å². The SMILES string of the molecule is CCc1cnc(CNC(=O)N(CC(=O)O)CC2CC2)s1. The van der Waals surface area contributed by atoms with E-state index >= 15 is 0 Å². The van der Waals surface area contributed by atoms with Gasteiger partial charge in [0.05, 0.1) is 6.54 Å². The molecule has 20 heavy (non-hydrogen) atoms. The summed E-state index contributed by atoms with van der Waals surface area (Å²) in [6.45, 7) is 2.68. The molecule has 0 radical (unpaired) electrons. The highest BCUT2D eigenvalue weighted by molar-refractivity contribution is 7.11. The second-order valence-electron chi connectivity index (χ2n) is 4.95. The molecule has 1 aromatic heterocycles. The lowest BCUT2D eigenvalue weighted by Gasteiger charge is -2.20. The summed E-state index contributed by atoms with van der Waals surface area (Å²) in [6.07, 6.45) is 4.90. The minimum Gasteiger partial charge on any atom is -0.480 e. The third-order valence-electron chi connectivity index (χ3n) is 3.13. The maximum absolute atomic E-state index is 12.0. The van der Waals surface area contributed by atoms with Crippen molar-refractivity contribution in [1.29, 1.82) is 0 Å². The van der Waals surface area contributed by atoms with Gasteiger partial charge in [-0.25, -0.2) is 9.78 Å². The first-order valence-corrected chi connectivity index (χ1v) is 7.58. The van der Waals surface area contributed by atoms with Crippen LogP contribution in [0.15, 0.2) is 6.20 Å². The molecule has 0 spiro atoms. The topological polar surface area (TPSA) is 82.5 Å². The molecule has 1 fully saturated rings. The van der Waals surface area contributed by atoms with Gasteiger partial charge in [0, 0.05) is 17.6 Å². The average Bonchev–Trinajstić information content (AvgIpc) is 3.10. The number of carbonyl (C=O) groups excluding carboxylic acids is 1. The third-order valence-corrected chi connectivity index (χ3v) is 4.27. The van der Waals surface area contributed by atoms with Crippen molar-refractivity contribution in [3.05, 3.63) is 16.1 Å². The number of aliphatic carboxylic acids is 1. The Labute approximate surface area is 121 Å². The van der Waals surface area contributed by atoms with Gasteiger partial charge < -0.3 is 15.3 Å². The van der Waals surface area contributed by atoms with Crippen molar-refractivity contribution in [1.82, 2.24) is 15.2 Å². The van der Waals surface area contributed by atoms with Gasteiger partial charge in [0.1, 0.15) is 11.6 Å². The Morgan fingerprint density at radius 2 is 2.30 bits per heavy atom. The van der Waals surface area contributed by atoms with Crippen molar-refractivity contribution in [2.24, 2.45) is 5.92 Å². The van der Waals surface area contributed by atoms with Crippen LogP contribution >= 0.6 is 11.3 Å². The monoisotopic (exact) mass is 297 g/mol. The van der Waals surface area contributed by atoms with Crippen molar-refractivity contribution in [3.63, 3.8) is 0 Å². The van der Waals surface area contributed by atoms with Gasteiger partial charge in [0.15, 0.2) is 0 Å². The summed E-state index contributed by atoms with van der Waals surface area (Å²) in [6, 6.07) is -0.326. The fourth-order valence-corrected chi connectivity index (χ4v) is 2.65. The van der Waals surface area contributed by atoms with Gasteiger partial charge in [-0.05, 0) is 25.2 Å². The molecule has 0 atom stereocenters. The summed E-state index contributed by atoms with van der Waals surface area (Å²) in [5.41, 5.74) is 0. The molecule has 1 aromatic rings. The second-order valence-corrected chi connectivity index (χ2v) is 6.15. The number of hydrogen-bond acceptors (Lipinski definition) is 4. The minimum atomic E-state index is -0.983. The number of nitrogens with one attached hydrogen (secondary N) is 1. The van der Waals surface area contributed by atoms with Gasteiger partial charge >= 0.3 is 12.0 Å². The third kappa shape index (κ3) is 4.48.